The summed E-state index contributed by atoms with van der Waals surface area (Å²) in [6.07, 6.45) is 1.68. The first-order chi connectivity index (χ1) is 19.4. The van der Waals surface area contributed by atoms with Gasteiger partial charge in [0.15, 0.2) is 5.88 Å². The molecule has 9 heteroatoms. The second kappa shape index (κ2) is 12.3. The monoisotopic (exact) mass is 560 g/mol. The minimum Gasteiger partial charge on any atom is -0.494 e. The summed E-state index contributed by atoms with van der Waals surface area (Å²) in [4.78, 5) is 10.5. The molecular formula is C31H36N4O4S. The molecule has 0 unspecified atom stereocenters. The number of aromatic amines is 1. The summed E-state index contributed by atoms with van der Waals surface area (Å²) in [6.45, 7) is 6.69. The largest absolute Gasteiger partial charge is 0.494 e. The molecule has 210 valence electrons. The lowest BCUT2D eigenvalue weighted by atomic mass is 10.0. The quantitative estimate of drug-likeness (QED) is 0.257. The number of morpholine rings is 1. The summed E-state index contributed by atoms with van der Waals surface area (Å²) < 4.78 is 33.5. The molecule has 0 atom stereocenters. The molecule has 2 heterocycles. The van der Waals surface area contributed by atoms with E-state index < -0.39 is 10.0 Å². The Labute approximate surface area is 236 Å². The number of aromatic nitrogens is 1. The van der Waals surface area contributed by atoms with Crippen LogP contribution in [-0.2, 0) is 21.3 Å². The van der Waals surface area contributed by atoms with Gasteiger partial charge in [-0.15, -0.1) is 0 Å². The molecule has 4 aromatic rings. The number of benzene rings is 3. The number of aliphatic imine (C=N–C) groups is 1. The van der Waals surface area contributed by atoms with Crippen LogP contribution in [0.4, 0.5) is 5.69 Å². The van der Waals surface area contributed by atoms with Gasteiger partial charge in [-0.1, -0.05) is 55.8 Å². The van der Waals surface area contributed by atoms with E-state index in [0.717, 1.165) is 56.9 Å². The van der Waals surface area contributed by atoms with Crippen molar-refractivity contribution in [3.05, 3.63) is 89.5 Å². The van der Waals surface area contributed by atoms with E-state index in [-0.39, 0.29) is 10.8 Å². The first-order valence-electron chi connectivity index (χ1n) is 13.7. The lowest BCUT2D eigenvalue weighted by Gasteiger charge is -2.26. The Hall–Kier alpha value is -3.50. The number of rotatable bonds is 10. The number of nitrogens with one attached hydrogen (secondary N) is 1. The van der Waals surface area contributed by atoms with Gasteiger partial charge in [0.25, 0.3) is 0 Å². The second-order valence-electron chi connectivity index (χ2n) is 10.1. The minimum atomic E-state index is -3.69. The normalized spacial score (nSPS) is 15.2. The van der Waals surface area contributed by atoms with Crippen LogP contribution < -0.4 is 0 Å². The Morgan fingerprint density at radius 1 is 1.05 bits per heavy atom. The molecule has 1 saturated heterocycles. The van der Waals surface area contributed by atoms with E-state index in [2.05, 4.69) is 22.0 Å². The van der Waals surface area contributed by atoms with Crippen LogP contribution in [0.5, 0.6) is 5.88 Å². The molecule has 0 bridgehead atoms. The second-order valence-corrected chi connectivity index (χ2v) is 12.2. The van der Waals surface area contributed by atoms with Gasteiger partial charge in [0.2, 0.25) is 10.0 Å². The SMILES string of the molecule is CCCCN(C)S(=O)(=O)c1ccc2[nH]c(O)c(C(=Nc3ccc(CN4CCOCC4)cc3)c3ccccc3)c2c1. The predicted molar refractivity (Wildman–Crippen MR) is 159 cm³/mol. The van der Waals surface area contributed by atoms with Crippen molar-refractivity contribution in [2.75, 3.05) is 39.9 Å². The maximum absolute atomic E-state index is 13.3. The number of ether oxygens (including phenoxy) is 1. The summed E-state index contributed by atoms with van der Waals surface area (Å²) in [5, 5.41) is 11.7. The molecular weight excluding hydrogens is 524 g/mol. The zero-order chi connectivity index (χ0) is 28.1. The zero-order valence-corrected chi connectivity index (χ0v) is 23.8. The molecule has 1 aliphatic rings. The zero-order valence-electron chi connectivity index (χ0n) is 23.0. The topological polar surface area (TPSA) is 98.2 Å². The van der Waals surface area contributed by atoms with Gasteiger partial charge >= 0.3 is 0 Å². The maximum Gasteiger partial charge on any atom is 0.242 e. The maximum atomic E-state index is 13.3. The molecule has 0 radical (unpaired) electrons. The summed E-state index contributed by atoms with van der Waals surface area (Å²) in [5.41, 5.74) is 4.39. The van der Waals surface area contributed by atoms with Gasteiger partial charge in [-0.2, -0.15) is 0 Å². The highest BCUT2D eigenvalue weighted by atomic mass is 32.2. The molecule has 3 aromatic carbocycles. The standard InChI is InChI=1S/C31H36N4O4S/c1-3-4-16-34(2)40(37,38)26-14-15-28-27(21-26)29(31(36)33-28)30(24-8-6-5-7-9-24)32-25-12-10-23(11-13-25)22-35-17-19-39-20-18-35/h5-15,21,33,36H,3-4,16-20,22H2,1-2H3. The number of H-pyrrole nitrogens is 1. The number of sulfonamides is 1. The molecule has 2 N–H and O–H groups in total. The summed E-state index contributed by atoms with van der Waals surface area (Å²) in [6, 6.07) is 22.6. The molecule has 0 saturated carbocycles. The van der Waals surface area contributed by atoms with Gasteiger partial charge < -0.3 is 14.8 Å². The molecule has 1 fully saturated rings. The number of hydrogen-bond donors (Lipinski definition) is 2. The van der Waals surface area contributed by atoms with Crippen molar-refractivity contribution in [1.29, 1.82) is 0 Å². The Balaban J connectivity index is 1.55. The van der Waals surface area contributed by atoms with Crippen LogP contribution in [0.1, 0.15) is 36.5 Å². The fraction of sp³-hybridized carbons (Fsp3) is 0.323. The van der Waals surface area contributed by atoms with E-state index in [9.17, 15) is 13.5 Å². The van der Waals surface area contributed by atoms with Gasteiger partial charge in [0, 0.05) is 49.7 Å². The van der Waals surface area contributed by atoms with Crippen molar-refractivity contribution in [3.63, 3.8) is 0 Å². The third-order valence-corrected chi connectivity index (χ3v) is 9.11. The van der Waals surface area contributed by atoms with E-state index in [0.29, 0.717) is 28.7 Å². The predicted octanol–water partition coefficient (Wildman–Crippen LogP) is 5.30. The van der Waals surface area contributed by atoms with Crippen molar-refractivity contribution >= 4 is 32.3 Å². The highest BCUT2D eigenvalue weighted by molar-refractivity contribution is 7.89. The summed E-state index contributed by atoms with van der Waals surface area (Å²) in [7, 11) is -2.09. The van der Waals surface area contributed by atoms with Crippen LogP contribution in [0, 0.1) is 0 Å². The van der Waals surface area contributed by atoms with Gasteiger partial charge in [-0.3, -0.25) is 4.90 Å². The van der Waals surface area contributed by atoms with Crippen molar-refractivity contribution in [1.82, 2.24) is 14.2 Å². The van der Waals surface area contributed by atoms with Crippen molar-refractivity contribution < 1.29 is 18.3 Å². The molecule has 1 aliphatic heterocycles. The van der Waals surface area contributed by atoms with Crippen molar-refractivity contribution in [2.45, 2.75) is 31.2 Å². The average molecular weight is 561 g/mol. The third-order valence-electron chi connectivity index (χ3n) is 7.26. The van der Waals surface area contributed by atoms with Crippen LogP contribution in [0.15, 0.2) is 82.7 Å². The number of fused-ring (bicyclic) bond motifs is 1. The van der Waals surface area contributed by atoms with Crippen molar-refractivity contribution in [3.8, 4) is 5.88 Å². The lowest BCUT2D eigenvalue weighted by molar-refractivity contribution is 0.0342. The van der Waals surface area contributed by atoms with E-state index in [1.54, 1.807) is 25.2 Å². The smallest absolute Gasteiger partial charge is 0.242 e. The Morgan fingerprint density at radius 3 is 2.48 bits per heavy atom. The van der Waals surface area contributed by atoms with E-state index >= 15 is 0 Å². The van der Waals surface area contributed by atoms with E-state index in [1.165, 1.54) is 9.87 Å². The highest BCUT2D eigenvalue weighted by Crippen LogP contribution is 2.33. The van der Waals surface area contributed by atoms with E-state index in [1.807, 2.05) is 49.4 Å². The first kappa shape index (κ1) is 28.0. The van der Waals surface area contributed by atoms with Crippen LogP contribution in [-0.4, -0.2) is 73.3 Å². The van der Waals surface area contributed by atoms with Crippen LogP contribution in [0.2, 0.25) is 0 Å². The Kier molecular flexibility index (Phi) is 8.66. The molecule has 0 aliphatic carbocycles. The molecule has 5 rings (SSSR count). The summed E-state index contributed by atoms with van der Waals surface area (Å²) in [5.74, 6) is -0.0598. The Bertz CT molecular complexity index is 1580. The van der Waals surface area contributed by atoms with Crippen LogP contribution >= 0.6 is 0 Å². The molecule has 40 heavy (non-hydrogen) atoms. The van der Waals surface area contributed by atoms with Crippen molar-refractivity contribution in [2.24, 2.45) is 4.99 Å². The molecule has 0 amide bonds. The Morgan fingerprint density at radius 2 is 1.77 bits per heavy atom. The number of unbranched alkanes of at least 4 members (excludes halogenated alkanes) is 1. The van der Waals surface area contributed by atoms with Crippen LogP contribution in [0.25, 0.3) is 10.9 Å². The lowest BCUT2D eigenvalue weighted by Crippen LogP contribution is -2.35. The molecule has 0 spiro atoms. The number of hydrogen-bond acceptors (Lipinski definition) is 6. The fourth-order valence-corrected chi connectivity index (χ4v) is 6.16. The van der Waals surface area contributed by atoms with Gasteiger partial charge in [0.05, 0.1) is 35.1 Å². The summed E-state index contributed by atoms with van der Waals surface area (Å²) >= 11 is 0. The number of nitrogens with zero attached hydrogens (tertiary/aromatic N) is 3. The van der Waals surface area contributed by atoms with Gasteiger partial charge in [-0.25, -0.2) is 17.7 Å². The minimum absolute atomic E-state index is 0.0598. The molecule has 8 nitrogen and oxygen atoms in total. The fourth-order valence-electron chi connectivity index (χ4n) is 4.92. The van der Waals surface area contributed by atoms with Gasteiger partial charge in [-0.05, 0) is 42.3 Å². The number of aromatic hydroxyl groups is 1. The van der Waals surface area contributed by atoms with Crippen LogP contribution in [0.3, 0.4) is 0 Å². The third kappa shape index (κ3) is 6.13. The highest BCUT2D eigenvalue weighted by Gasteiger charge is 2.24. The molecule has 1 aromatic heterocycles. The van der Waals surface area contributed by atoms with Gasteiger partial charge in [0.1, 0.15) is 0 Å². The average Bonchev–Trinajstić information content (AvgIpc) is 3.31. The first-order valence-corrected chi connectivity index (χ1v) is 15.2. The van der Waals surface area contributed by atoms with E-state index in [4.69, 9.17) is 9.73 Å².